The number of nitrogens with zero attached hydrogens (tertiary/aromatic N) is 1. The van der Waals surface area contributed by atoms with E-state index in [2.05, 4.69) is 0 Å². The summed E-state index contributed by atoms with van der Waals surface area (Å²) in [6.07, 6.45) is -3.51. The lowest BCUT2D eigenvalue weighted by Gasteiger charge is -2.12. The lowest BCUT2D eigenvalue weighted by atomic mass is 10.1. The maximum atomic E-state index is 12.9. The zero-order valence-corrected chi connectivity index (χ0v) is 14.0. The third-order valence-electron chi connectivity index (χ3n) is 3.68. The van der Waals surface area contributed by atoms with Gasteiger partial charge in [-0.05, 0) is 41.1 Å². The van der Waals surface area contributed by atoms with Gasteiger partial charge in [0.15, 0.2) is 0 Å². The molecule has 1 aliphatic rings. The highest BCUT2D eigenvalue weighted by molar-refractivity contribution is 8.18. The highest BCUT2D eigenvalue weighted by Gasteiger charge is 2.36. The number of halogens is 3. The van der Waals surface area contributed by atoms with Crippen LogP contribution in [-0.4, -0.2) is 21.2 Å². The van der Waals surface area contributed by atoms with Crippen LogP contribution in [0.5, 0.6) is 5.75 Å². The molecule has 26 heavy (non-hydrogen) atoms. The van der Waals surface area contributed by atoms with E-state index in [-0.39, 0.29) is 17.0 Å². The number of amides is 2. The summed E-state index contributed by atoms with van der Waals surface area (Å²) in [6.45, 7) is 0.0895. The summed E-state index contributed by atoms with van der Waals surface area (Å²) in [7, 11) is 0. The summed E-state index contributed by atoms with van der Waals surface area (Å²) < 4.78 is 38.6. The van der Waals surface area contributed by atoms with Gasteiger partial charge in [-0.25, -0.2) is 0 Å². The molecule has 2 aromatic rings. The fraction of sp³-hybridized carbons (Fsp3) is 0.111. The molecule has 134 valence electrons. The Balaban J connectivity index is 1.86. The first-order chi connectivity index (χ1) is 12.3. The van der Waals surface area contributed by atoms with E-state index in [1.54, 1.807) is 30.3 Å². The lowest BCUT2D eigenvalue weighted by molar-refractivity contribution is -0.138. The zero-order valence-electron chi connectivity index (χ0n) is 13.2. The van der Waals surface area contributed by atoms with Gasteiger partial charge in [-0.1, -0.05) is 36.4 Å². The van der Waals surface area contributed by atoms with E-state index in [1.165, 1.54) is 12.1 Å². The van der Waals surface area contributed by atoms with E-state index < -0.39 is 28.6 Å². The summed E-state index contributed by atoms with van der Waals surface area (Å²) in [4.78, 5) is 25.6. The van der Waals surface area contributed by atoms with E-state index in [0.717, 1.165) is 22.6 Å². The predicted octanol–water partition coefficient (Wildman–Crippen LogP) is 4.65. The number of phenols is 1. The molecule has 1 N–H and O–H groups in total. The van der Waals surface area contributed by atoms with Crippen LogP contribution in [0, 0.1) is 0 Å². The summed E-state index contributed by atoms with van der Waals surface area (Å²) in [6, 6.07) is 11.8. The molecule has 0 atom stereocenters. The average molecular weight is 379 g/mol. The molecule has 1 heterocycles. The normalized spacial score (nSPS) is 16.6. The predicted molar refractivity (Wildman–Crippen MR) is 91.1 cm³/mol. The Morgan fingerprint density at radius 1 is 1.08 bits per heavy atom. The minimum Gasteiger partial charge on any atom is -0.507 e. The van der Waals surface area contributed by atoms with Gasteiger partial charge >= 0.3 is 6.18 Å². The largest absolute Gasteiger partial charge is 0.507 e. The van der Waals surface area contributed by atoms with Gasteiger partial charge in [0, 0.05) is 0 Å². The molecule has 3 rings (SSSR count). The molecule has 0 bridgehead atoms. The fourth-order valence-electron chi connectivity index (χ4n) is 2.42. The Morgan fingerprint density at radius 3 is 2.42 bits per heavy atom. The molecule has 1 aliphatic heterocycles. The van der Waals surface area contributed by atoms with Gasteiger partial charge in [0.2, 0.25) is 0 Å². The Hall–Kier alpha value is -2.74. The number of hydrogen-bond acceptors (Lipinski definition) is 4. The molecule has 4 nitrogen and oxygen atoms in total. The van der Waals surface area contributed by atoms with E-state index in [4.69, 9.17) is 0 Å². The maximum Gasteiger partial charge on any atom is 0.419 e. The first kappa shape index (κ1) is 18.1. The molecule has 0 unspecified atom stereocenters. The average Bonchev–Trinajstić information content (AvgIpc) is 2.84. The minimum atomic E-state index is -4.72. The Kier molecular flexibility index (Phi) is 4.78. The van der Waals surface area contributed by atoms with Crippen LogP contribution in [0.1, 0.15) is 16.7 Å². The second-order valence-corrected chi connectivity index (χ2v) is 6.52. The lowest BCUT2D eigenvalue weighted by Crippen LogP contribution is -2.27. The van der Waals surface area contributed by atoms with Crippen molar-refractivity contribution in [3.05, 3.63) is 70.1 Å². The number of thioether (sulfide) groups is 1. The van der Waals surface area contributed by atoms with Crippen molar-refractivity contribution < 1.29 is 27.9 Å². The summed E-state index contributed by atoms with van der Waals surface area (Å²) in [5.41, 5.74) is -0.366. The first-order valence-electron chi connectivity index (χ1n) is 7.45. The summed E-state index contributed by atoms with van der Waals surface area (Å²) >= 11 is 0.668. The fourth-order valence-corrected chi connectivity index (χ4v) is 3.26. The SMILES string of the molecule is O=C1S/C(=C/c2ccc(O)c(C(F)(F)F)c2)C(=O)N1Cc1ccccc1. The molecule has 8 heteroatoms. The molecule has 0 aliphatic carbocycles. The number of carbonyl (C=O) groups excluding carboxylic acids is 2. The third kappa shape index (κ3) is 3.75. The van der Waals surface area contributed by atoms with Gasteiger partial charge in [0.1, 0.15) is 5.75 Å². The van der Waals surface area contributed by atoms with Crippen LogP contribution >= 0.6 is 11.8 Å². The number of rotatable bonds is 3. The van der Waals surface area contributed by atoms with Crippen LogP contribution in [0.4, 0.5) is 18.0 Å². The van der Waals surface area contributed by atoms with Gasteiger partial charge in [-0.2, -0.15) is 13.2 Å². The van der Waals surface area contributed by atoms with Crippen LogP contribution in [0.25, 0.3) is 6.08 Å². The Bertz CT molecular complexity index is 894. The van der Waals surface area contributed by atoms with Gasteiger partial charge in [-0.15, -0.1) is 0 Å². The van der Waals surface area contributed by atoms with Crippen LogP contribution in [0.3, 0.4) is 0 Å². The van der Waals surface area contributed by atoms with Crippen molar-refractivity contribution in [3.63, 3.8) is 0 Å². The molecule has 2 aromatic carbocycles. The molecular weight excluding hydrogens is 367 g/mol. The van der Waals surface area contributed by atoms with Crippen molar-refractivity contribution in [2.24, 2.45) is 0 Å². The first-order valence-corrected chi connectivity index (χ1v) is 8.27. The van der Waals surface area contributed by atoms with Crippen LogP contribution in [-0.2, 0) is 17.5 Å². The highest BCUT2D eigenvalue weighted by atomic mass is 32.2. The number of aromatic hydroxyl groups is 1. The molecule has 0 aromatic heterocycles. The van der Waals surface area contributed by atoms with Crippen LogP contribution in [0.2, 0.25) is 0 Å². The van der Waals surface area contributed by atoms with Crippen LogP contribution < -0.4 is 0 Å². The molecule has 0 spiro atoms. The topological polar surface area (TPSA) is 57.6 Å². The second-order valence-electron chi connectivity index (χ2n) is 5.53. The number of carbonyl (C=O) groups is 2. The molecule has 2 amide bonds. The van der Waals surface area contributed by atoms with Crippen molar-refractivity contribution in [2.75, 3.05) is 0 Å². The monoisotopic (exact) mass is 379 g/mol. The molecule has 1 fully saturated rings. The van der Waals surface area contributed by atoms with E-state index in [1.807, 2.05) is 0 Å². The Labute approximate surface area is 150 Å². The maximum absolute atomic E-state index is 12.9. The van der Waals surface area contributed by atoms with Crippen molar-refractivity contribution in [2.45, 2.75) is 12.7 Å². The quantitative estimate of drug-likeness (QED) is 0.789. The number of imide groups is 1. The molecule has 1 saturated heterocycles. The van der Waals surface area contributed by atoms with Gasteiger partial charge < -0.3 is 5.11 Å². The second kappa shape index (κ2) is 6.87. The van der Waals surface area contributed by atoms with E-state index >= 15 is 0 Å². The molecule has 0 radical (unpaired) electrons. The van der Waals surface area contributed by atoms with Crippen molar-refractivity contribution in [1.82, 2.24) is 4.90 Å². The smallest absolute Gasteiger partial charge is 0.419 e. The standard InChI is InChI=1S/C18H12F3NO3S/c19-18(20,21)13-8-12(6-7-14(13)23)9-15-16(24)22(17(25)26-15)10-11-4-2-1-3-5-11/h1-9,23H,10H2/b15-9+. The van der Waals surface area contributed by atoms with Crippen molar-refractivity contribution in [1.29, 1.82) is 0 Å². The summed E-state index contributed by atoms with van der Waals surface area (Å²) in [5, 5.41) is 8.87. The molecular formula is C18H12F3NO3S. The van der Waals surface area contributed by atoms with E-state index in [0.29, 0.717) is 11.8 Å². The number of alkyl halides is 3. The van der Waals surface area contributed by atoms with Crippen molar-refractivity contribution >= 4 is 29.0 Å². The third-order valence-corrected chi connectivity index (χ3v) is 4.59. The Morgan fingerprint density at radius 2 is 1.77 bits per heavy atom. The molecule has 0 saturated carbocycles. The van der Waals surface area contributed by atoms with Gasteiger partial charge in [-0.3, -0.25) is 14.5 Å². The number of benzene rings is 2. The highest BCUT2D eigenvalue weighted by Crippen LogP contribution is 2.38. The van der Waals surface area contributed by atoms with Gasteiger partial charge in [0.25, 0.3) is 11.1 Å². The van der Waals surface area contributed by atoms with Crippen LogP contribution in [0.15, 0.2) is 53.4 Å². The summed E-state index contributed by atoms with van der Waals surface area (Å²) in [5.74, 6) is -1.46. The number of hydrogen-bond donors (Lipinski definition) is 1. The van der Waals surface area contributed by atoms with Crippen molar-refractivity contribution in [3.8, 4) is 5.75 Å². The van der Waals surface area contributed by atoms with E-state index in [9.17, 15) is 27.9 Å². The minimum absolute atomic E-state index is 0.0322. The zero-order chi connectivity index (χ0) is 18.9. The van der Waals surface area contributed by atoms with Gasteiger partial charge in [0.05, 0.1) is 17.0 Å². The number of phenolic OH excluding ortho intramolecular Hbond substituents is 1.